The van der Waals surface area contributed by atoms with Gasteiger partial charge in [0, 0.05) is 30.7 Å². The number of amides is 1. The van der Waals surface area contributed by atoms with Crippen LogP contribution in [0.2, 0.25) is 0 Å². The number of nitrogens with one attached hydrogen (secondary N) is 1. The van der Waals surface area contributed by atoms with E-state index in [1.807, 2.05) is 55.8 Å². The van der Waals surface area contributed by atoms with E-state index in [1.54, 1.807) is 10.9 Å². The highest BCUT2D eigenvalue weighted by atomic mass is 16.1. The number of carbonyl (C=O) groups excluding carboxylic acids is 1. The first-order valence-corrected chi connectivity index (χ1v) is 12.6. The molecule has 2 aromatic carbocycles. The molecule has 0 spiro atoms. The lowest BCUT2D eigenvalue weighted by Crippen LogP contribution is -2.34. The van der Waals surface area contributed by atoms with Crippen LogP contribution in [0.4, 0.5) is 0 Å². The number of aromatic nitrogens is 5. The summed E-state index contributed by atoms with van der Waals surface area (Å²) in [6.07, 6.45) is 7.40. The van der Waals surface area contributed by atoms with Gasteiger partial charge in [-0.3, -0.25) is 14.0 Å². The van der Waals surface area contributed by atoms with E-state index in [1.165, 1.54) is 5.56 Å². The van der Waals surface area contributed by atoms with Gasteiger partial charge in [0.25, 0.3) is 5.91 Å². The van der Waals surface area contributed by atoms with Crippen molar-refractivity contribution in [3.05, 3.63) is 95.9 Å². The van der Waals surface area contributed by atoms with E-state index in [9.17, 15) is 4.79 Å². The van der Waals surface area contributed by atoms with Gasteiger partial charge in [-0.1, -0.05) is 45.0 Å². The normalized spacial score (nSPS) is 14.6. The molecule has 1 saturated carbocycles. The number of nitrogens with zero attached hydrogens (tertiary/aromatic N) is 5. The van der Waals surface area contributed by atoms with Crippen LogP contribution in [0.15, 0.2) is 79.3 Å². The zero-order chi connectivity index (χ0) is 25.8. The zero-order valence-electron chi connectivity index (χ0n) is 21.6. The van der Waals surface area contributed by atoms with E-state index in [0.29, 0.717) is 5.56 Å². The molecule has 7 nitrogen and oxygen atoms in total. The standard InChI is InChI=1S/C30H30N6O/c1-29(2,3)22-9-7-20(8-10-22)28(37)34-30(15-16-30)23-11-13-24(14-12-23)36-26(21-18-32-35(4)19-21)33-25-6-5-17-31-27(25)36/h5-14,17-19H,15-16H2,1-4H3,(H,34,37). The van der Waals surface area contributed by atoms with Crippen molar-refractivity contribution in [1.82, 2.24) is 29.6 Å². The second kappa shape index (κ2) is 8.40. The Labute approximate surface area is 216 Å². The molecule has 0 aliphatic heterocycles. The molecular weight excluding hydrogens is 460 g/mol. The Balaban J connectivity index is 1.29. The summed E-state index contributed by atoms with van der Waals surface area (Å²) in [5, 5.41) is 7.63. The van der Waals surface area contributed by atoms with Crippen molar-refractivity contribution in [3.8, 4) is 17.1 Å². The molecule has 1 aliphatic carbocycles. The van der Waals surface area contributed by atoms with Crippen molar-refractivity contribution >= 4 is 17.1 Å². The first kappa shape index (κ1) is 23.2. The molecule has 0 radical (unpaired) electrons. The molecule has 6 rings (SSSR count). The fraction of sp³-hybridized carbons (Fsp3) is 0.267. The fourth-order valence-corrected chi connectivity index (χ4v) is 4.84. The molecule has 0 bridgehead atoms. The summed E-state index contributed by atoms with van der Waals surface area (Å²) in [7, 11) is 1.89. The maximum Gasteiger partial charge on any atom is 0.251 e. The monoisotopic (exact) mass is 490 g/mol. The second-order valence-electron chi connectivity index (χ2n) is 10.9. The largest absolute Gasteiger partial charge is 0.343 e. The van der Waals surface area contributed by atoms with Crippen LogP contribution in [-0.2, 0) is 18.0 Å². The topological polar surface area (TPSA) is 77.6 Å². The van der Waals surface area contributed by atoms with Crippen molar-refractivity contribution in [2.45, 2.75) is 44.6 Å². The summed E-state index contributed by atoms with van der Waals surface area (Å²) < 4.78 is 3.83. The van der Waals surface area contributed by atoms with Gasteiger partial charge < -0.3 is 5.32 Å². The smallest absolute Gasteiger partial charge is 0.251 e. The minimum atomic E-state index is -0.320. The fourth-order valence-electron chi connectivity index (χ4n) is 4.84. The number of aryl methyl sites for hydroxylation is 1. The van der Waals surface area contributed by atoms with Crippen molar-refractivity contribution in [2.24, 2.45) is 7.05 Å². The number of carbonyl (C=O) groups is 1. The molecule has 0 unspecified atom stereocenters. The highest BCUT2D eigenvalue weighted by Crippen LogP contribution is 2.46. The molecule has 1 aliphatic rings. The minimum absolute atomic E-state index is 0.0364. The Kier molecular flexibility index (Phi) is 5.26. The Hall–Kier alpha value is -4.26. The third-order valence-corrected chi connectivity index (χ3v) is 7.17. The zero-order valence-corrected chi connectivity index (χ0v) is 21.6. The number of pyridine rings is 1. The Morgan fingerprint density at radius 1 is 1.00 bits per heavy atom. The van der Waals surface area contributed by atoms with Crippen LogP contribution >= 0.6 is 0 Å². The van der Waals surface area contributed by atoms with Gasteiger partial charge in [-0.05, 0) is 65.8 Å². The lowest BCUT2D eigenvalue weighted by Gasteiger charge is -2.21. The quantitative estimate of drug-likeness (QED) is 0.351. The maximum absolute atomic E-state index is 13.1. The summed E-state index contributed by atoms with van der Waals surface area (Å²) in [5.41, 5.74) is 6.26. The number of rotatable bonds is 5. The van der Waals surface area contributed by atoms with Crippen molar-refractivity contribution < 1.29 is 4.79 Å². The van der Waals surface area contributed by atoms with Crippen LogP contribution in [0.25, 0.3) is 28.2 Å². The molecule has 37 heavy (non-hydrogen) atoms. The van der Waals surface area contributed by atoms with Crippen molar-refractivity contribution in [2.75, 3.05) is 0 Å². The van der Waals surface area contributed by atoms with Gasteiger partial charge >= 0.3 is 0 Å². The van der Waals surface area contributed by atoms with E-state index in [0.717, 1.165) is 46.6 Å². The molecule has 0 atom stereocenters. The number of hydrogen-bond donors (Lipinski definition) is 1. The second-order valence-corrected chi connectivity index (χ2v) is 10.9. The molecule has 7 heteroatoms. The molecule has 186 valence electrons. The van der Waals surface area contributed by atoms with E-state index >= 15 is 0 Å². The predicted octanol–water partition coefficient (Wildman–Crippen LogP) is 5.54. The van der Waals surface area contributed by atoms with E-state index in [-0.39, 0.29) is 16.9 Å². The highest BCUT2D eigenvalue weighted by Gasteiger charge is 2.45. The van der Waals surface area contributed by atoms with Crippen LogP contribution in [0.5, 0.6) is 0 Å². The van der Waals surface area contributed by atoms with E-state index in [2.05, 4.69) is 65.0 Å². The van der Waals surface area contributed by atoms with Crippen LogP contribution in [-0.4, -0.2) is 30.2 Å². The van der Waals surface area contributed by atoms with Gasteiger partial charge in [0.1, 0.15) is 11.3 Å². The minimum Gasteiger partial charge on any atom is -0.343 e. The summed E-state index contributed by atoms with van der Waals surface area (Å²) in [6, 6.07) is 20.2. The van der Waals surface area contributed by atoms with Gasteiger partial charge in [-0.15, -0.1) is 0 Å². The van der Waals surface area contributed by atoms with Crippen LogP contribution in [0.3, 0.4) is 0 Å². The molecule has 0 saturated heterocycles. The summed E-state index contributed by atoms with van der Waals surface area (Å²) >= 11 is 0. The van der Waals surface area contributed by atoms with Gasteiger partial charge in [-0.25, -0.2) is 9.97 Å². The number of benzene rings is 2. The third-order valence-electron chi connectivity index (χ3n) is 7.17. The summed E-state index contributed by atoms with van der Waals surface area (Å²) in [6.45, 7) is 6.52. The molecule has 1 fully saturated rings. The predicted molar refractivity (Wildman–Crippen MR) is 145 cm³/mol. The highest BCUT2D eigenvalue weighted by molar-refractivity contribution is 5.95. The Morgan fingerprint density at radius 2 is 1.73 bits per heavy atom. The van der Waals surface area contributed by atoms with Gasteiger partial charge in [0.05, 0.1) is 17.3 Å². The Morgan fingerprint density at radius 3 is 2.35 bits per heavy atom. The summed E-state index contributed by atoms with van der Waals surface area (Å²) in [5.74, 6) is 0.758. The SMILES string of the molecule is Cn1cc(-c2nc3cccnc3n2-c2ccc(C3(NC(=O)c4ccc(C(C)(C)C)cc4)CC3)cc2)cn1. The molecular formula is C30H30N6O. The van der Waals surface area contributed by atoms with Crippen molar-refractivity contribution in [1.29, 1.82) is 0 Å². The van der Waals surface area contributed by atoms with Crippen LogP contribution in [0, 0.1) is 0 Å². The third kappa shape index (κ3) is 4.20. The lowest BCUT2D eigenvalue weighted by atomic mass is 9.86. The molecule has 1 amide bonds. The first-order valence-electron chi connectivity index (χ1n) is 12.6. The molecule has 1 N–H and O–H groups in total. The number of hydrogen-bond acceptors (Lipinski definition) is 4. The number of fused-ring (bicyclic) bond motifs is 1. The van der Waals surface area contributed by atoms with E-state index < -0.39 is 0 Å². The molecule has 3 heterocycles. The summed E-state index contributed by atoms with van der Waals surface area (Å²) in [4.78, 5) is 22.5. The number of imidazole rings is 1. The van der Waals surface area contributed by atoms with Crippen LogP contribution in [0.1, 0.15) is 55.1 Å². The van der Waals surface area contributed by atoms with Gasteiger partial charge in [0.2, 0.25) is 0 Å². The molecule has 5 aromatic rings. The van der Waals surface area contributed by atoms with Crippen molar-refractivity contribution in [3.63, 3.8) is 0 Å². The van der Waals surface area contributed by atoms with E-state index in [4.69, 9.17) is 4.98 Å². The van der Waals surface area contributed by atoms with Crippen LogP contribution < -0.4 is 5.32 Å². The lowest BCUT2D eigenvalue weighted by molar-refractivity contribution is 0.0930. The van der Waals surface area contributed by atoms with Gasteiger partial charge in [0.15, 0.2) is 5.65 Å². The van der Waals surface area contributed by atoms with Gasteiger partial charge in [-0.2, -0.15) is 5.10 Å². The maximum atomic E-state index is 13.1. The first-order chi connectivity index (χ1) is 17.7. The molecule has 3 aromatic heterocycles. The average Bonchev–Trinajstić information content (AvgIpc) is 3.37. The average molecular weight is 491 g/mol. The Bertz CT molecular complexity index is 1600.